The summed E-state index contributed by atoms with van der Waals surface area (Å²) in [4.78, 5) is 16.5. The van der Waals surface area contributed by atoms with Crippen molar-refractivity contribution in [2.24, 2.45) is 5.92 Å². The zero-order chi connectivity index (χ0) is 15.9. The van der Waals surface area contributed by atoms with Crippen molar-refractivity contribution in [1.29, 1.82) is 0 Å². The highest BCUT2D eigenvalue weighted by Gasteiger charge is 2.39. The van der Waals surface area contributed by atoms with Gasteiger partial charge in [0.05, 0.1) is 16.7 Å². The summed E-state index contributed by atoms with van der Waals surface area (Å²) in [7, 11) is 1.78. The summed E-state index contributed by atoms with van der Waals surface area (Å²) in [6, 6.07) is 3.97. The first-order valence-corrected chi connectivity index (χ1v) is 7.96. The van der Waals surface area contributed by atoms with E-state index in [1.54, 1.807) is 11.9 Å². The minimum Gasteiger partial charge on any atom is -0.390 e. The van der Waals surface area contributed by atoms with Crippen LogP contribution < -0.4 is 0 Å². The van der Waals surface area contributed by atoms with Gasteiger partial charge in [-0.3, -0.25) is 9.69 Å². The van der Waals surface area contributed by atoms with Crippen LogP contribution in [0.3, 0.4) is 0 Å². The molecule has 22 heavy (non-hydrogen) atoms. The van der Waals surface area contributed by atoms with Crippen LogP contribution in [-0.4, -0.2) is 59.6 Å². The van der Waals surface area contributed by atoms with E-state index in [9.17, 15) is 14.3 Å². The van der Waals surface area contributed by atoms with Crippen LogP contribution in [-0.2, 0) is 0 Å². The quantitative estimate of drug-likeness (QED) is 0.900. The molecule has 1 amide bonds. The summed E-state index contributed by atoms with van der Waals surface area (Å²) in [5.74, 6) is -0.119. The number of halogens is 2. The van der Waals surface area contributed by atoms with Gasteiger partial charge in [0, 0.05) is 32.7 Å². The van der Waals surface area contributed by atoms with Crippen molar-refractivity contribution in [3.05, 3.63) is 34.6 Å². The molecular formula is C16H20ClFN2O2. The number of benzene rings is 1. The van der Waals surface area contributed by atoms with Crippen LogP contribution >= 0.6 is 11.6 Å². The number of nitrogens with zero attached hydrogens (tertiary/aromatic N) is 2. The molecule has 1 aromatic rings. The third-order valence-electron chi connectivity index (χ3n) is 4.53. The molecule has 1 atom stereocenters. The third kappa shape index (κ3) is 3.26. The number of rotatable bonds is 5. The fraction of sp³-hybridized carbons (Fsp3) is 0.562. The van der Waals surface area contributed by atoms with Crippen molar-refractivity contribution in [3.8, 4) is 0 Å². The van der Waals surface area contributed by atoms with Crippen LogP contribution in [0.1, 0.15) is 23.2 Å². The van der Waals surface area contributed by atoms with Gasteiger partial charge in [0.2, 0.25) is 0 Å². The summed E-state index contributed by atoms with van der Waals surface area (Å²) in [5.41, 5.74) is 0.333. The molecule has 0 aromatic heterocycles. The van der Waals surface area contributed by atoms with E-state index in [0.717, 1.165) is 19.4 Å². The van der Waals surface area contributed by atoms with E-state index in [1.807, 2.05) is 0 Å². The first kappa shape index (κ1) is 15.7. The summed E-state index contributed by atoms with van der Waals surface area (Å²) in [6.07, 6.45) is 2.00. The topological polar surface area (TPSA) is 43.8 Å². The standard InChI is InChI=1S/C16H20ClFN2O2/c1-19(16(22)13-5-4-11(18)6-14(13)17)15(10-2-3-10)9-20-7-12(21)8-20/h4-6,10,12,15,21H,2-3,7-9H2,1H3. The molecule has 1 unspecified atom stereocenters. The van der Waals surface area contributed by atoms with Gasteiger partial charge in [0.25, 0.3) is 5.91 Å². The van der Waals surface area contributed by atoms with E-state index in [2.05, 4.69) is 4.90 Å². The average Bonchev–Trinajstić information content (AvgIpc) is 3.25. The Hall–Kier alpha value is -1.17. The molecule has 4 nitrogen and oxygen atoms in total. The molecule has 120 valence electrons. The van der Waals surface area contributed by atoms with Gasteiger partial charge in [-0.15, -0.1) is 0 Å². The van der Waals surface area contributed by atoms with Crippen molar-refractivity contribution in [1.82, 2.24) is 9.80 Å². The highest BCUT2D eigenvalue weighted by molar-refractivity contribution is 6.33. The van der Waals surface area contributed by atoms with Gasteiger partial charge in [-0.25, -0.2) is 4.39 Å². The minimum absolute atomic E-state index is 0.112. The number of β-amino-alcohol motifs (C(OH)–C–C–N with tert-alkyl or cyclic N) is 1. The van der Waals surface area contributed by atoms with Crippen LogP contribution in [0.15, 0.2) is 18.2 Å². The van der Waals surface area contributed by atoms with Gasteiger partial charge in [-0.2, -0.15) is 0 Å². The zero-order valence-electron chi connectivity index (χ0n) is 12.5. The van der Waals surface area contributed by atoms with E-state index < -0.39 is 5.82 Å². The van der Waals surface area contributed by atoms with Crippen molar-refractivity contribution in [3.63, 3.8) is 0 Å². The number of carbonyl (C=O) groups is 1. The van der Waals surface area contributed by atoms with Gasteiger partial charge in [0.15, 0.2) is 0 Å². The Balaban J connectivity index is 1.71. The average molecular weight is 327 g/mol. The number of likely N-dealkylation sites (N-methyl/N-ethyl adjacent to an activating group) is 1. The van der Waals surface area contributed by atoms with Gasteiger partial charge < -0.3 is 10.0 Å². The molecule has 6 heteroatoms. The van der Waals surface area contributed by atoms with Crippen molar-refractivity contribution < 1.29 is 14.3 Å². The molecule has 0 radical (unpaired) electrons. The predicted octanol–water partition coefficient (Wildman–Crippen LogP) is 2.01. The summed E-state index contributed by atoms with van der Waals surface area (Å²) in [6.45, 7) is 2.11. The Bertz CT molecular complexity index is 573. The second kappa shape index (κ2) is 6.14. The number of aliphatic hydroxyl groups excluding tert-OH is 1. The van der Waals surface area contributed by atoms with Crippen LogP contribution in [0, 0.1) is 11.7 Å². The van der Waals surface area contributed by atoms with E-state index in [1.165, 1.54) is 18.2 Å². The number of hydrogen-bond donors (Lipinski definition) is 1. The van der Waals surface area contributed by atoms with Crippen LogP contribution in [0.25, 0.3) is 0 Å². The third-order valence-corrected chi connectivity index (χ3v) is 4.84. The Morgan fingerprint density at radius 2 is 2.18 bits per heavy atom. The van der Waals surface area contributed by atoms with Crippen LogP contribution in [0.4, 0.5) is 4.39 Å². The van der Waals surface area contributed by atoms with Crippen molar-refractivity contribution >= 4 is 17.5 Å². The first-order chi connectivity index (χ1) is 10.5. The molecule has 1 N–H and O–H groups in total. The summed E-state index contributed by atoms with van der Waals surface area (Å²) >= 11 is 6.00. The number of hydrogen-bond acceptors (Lipinski definition) is 3. The lowest BCUT2D eigenvalue weighted by Gasteiger charge is -2.40. The SMILES string of the molecule is CN(C(=O)c1ccc(F)cc1Cl)C(CN1CC(O)C1)C1CC1. The molecule has 1 aliphatic carbocycles. The molecule has 1 heterocycles. The lowest BCUT2D eigenvalue weighted by Crippen LogP contribution is -2.56. The van der Waals surface area contributed by atoms with E-state index in [0.29, 0.717) is 24.6 Å². The normalized spacial score (nSPS) is 20.5. The lowest BCUT2D eigenvalue weighted by molar-refractivity contribution is -0.0127. The highest BCUT2D eigenvalue weighted by atomic mass is 35.5. The molecule has 2 aliphatic rings. The summed E-state index contributed by atoms with van der Waals surface area (Å²) < 4.78 is 13.1. The molecule has 1 saturated carbocycles. The Morgan fingerprint density at radius 3 is 2.73 bits per heavy atom. The largest absolute Gasteiger partial charge is 0.390 e. The number of amides is 1. The van der Waals surface area contributed by atoms with E-state index in [-0.39, 0.29) is 23.1 Å². The maximum Gasteiger partial charge on any atom is 0.255 e. The van der Waals surface area contributed by atoms with Gasteiger partial charge >= 0.3 is 0 Å². The predicted molar refractivity (Wildman–Crippen MR) is 82.5 cm³/mol. The van der Waals surface area contributed by atoms with Gasteiger partial charge in [-0.05, 0) is 37.0 Å². The Morgan fingerprint density at radius 1 is 1.50 bits per heavy atom. The molecule has 3 rings (SSSR count). The summed E-state index contributed by atoms with van der Waals surface area (Å²) in [5, 5.41) is 9.54. The van der Waals surface area contributed by atoms with E-state index >= 15 is 0 Å². The lowest BCUT2D eigenvalue weighted by atomic mass is 10.1. The number of likely N-dealkylation sites (tertiary alicyclic amines) is 1. The fourth-order valence-electron chi connectivity index (χ4n) is 3.03. The Labute approximate surface area is 134 Å². The second-order valence-electron chi connectivity index (χ2n) is 6.32. The molecule has 2 fully saturated rings. The number of aliphatic hydroxyl groups is 1. The van der Waals surface area contributed by atoms with Gasteiger partial charge in [-0.1, -0.05) is 11.6 Å². The molecule has 1 aromatic carbocycles. The molecular weight excluding hydrogens is 307 g/mol. The first-order valence-electron chi connectivity index (χ1n) is 7.58. The van der Waals surface area contributed by atoms with Crippen molar-refractivity contribution in [2.75, 3.05) is 26.7 Å². The van der Waals surface area contributed by atoms with Crippen LogP contribution in [0.5, 0.6) is 0 Å². The maximum absolute atomic E-state index is 13.1. The molecule has 0 spiro atoms. The van der Waals surface area contributed by atoms with Crippen LogP contribution in [0.2, 0.25) is 5.02 Å². The smallest absolute Gasteiger partial charge is 0.255 e. The minimum atomic E-state index is -0.447. The highest BCUT2D eigenvalue weighted by Crippen LogP contribution is 2.36. The Kier molecular flexibility index (Phi) is 4.39. The molecule has 0 bridgehead atoms. The molecule has 1 saturated heterocycles. The van der Waals surface area contributed by atoms with E-state index in [4.69, 9.17) is 11.6 Å². The molecule has 1 aliphatic heterocycles. The second-order valence-corrected chi connectivity index (χ2v) is 6.72. The van der Waals surface area contributed by atoms with Crippen molar-refractivity contribution in [2.45, 2.75) is 25.0 Å². The maximum atomic E-state index is 13.1. The fourth-order valence-corrected chi connectivity index (χ4v) is 3.28. The van der Waals surface area contributed by atoms with Gasteiger partial charge in [0.1, 0.15) is 5.82 Å². The number of carbonyl (C=O) groups excluding carboxylic acids is 1. The zero-order valence-corrected chi connectivity index (χ0v) is 13.3. The monoisotopic (exact) mass is 326 g/mol.